The summed E-state index contributed by atoms with van der Waals surface area (Å²) >= 11 is 0. The van der Waals surface area contributed by atoms with Gasteiger partial charge in [0.25, 0.3) is 0 Å². The molecule has 0 fully saturated rings. The van der Waals surface area contributed by atoms with Gasteiger partial charge in [0.2, 0.25) is 0 Å². The van der Waals surface area contributed by atoms with Crippen LogP contribution in [0.15, 0.2) is 30.9 Å². The summed E-state index contributed by atoms with van der Waals surface area (Å²) in [5.74, 6) is 0.242. The molecule has 0 saturated heterocycles. The number of hydrogen-bond donors (Lipinski definition) is 1. The zero-order valence-electron chi connectivity index (χ0n) is 8.40. The summed E-state index contributed by atoms with van der Waals surface area (Å²) < 4.78 is 5.19. The summed E-state index contributed by atoms with van der Waals surface area (Å²) in [7, 11) is 1.62. The maximum absolute atomic E-state index is 10.8. The van der Waals surface area contributed by atoms with Crippen molar-refractivity contribution in [2.45, 2.75) is 0 Å². The lowest BCUT2D eigenvalue weighted by Gasteiger charge is -2.07. The highest BCUT2D eigenvalue weighted by Crippen LogP contribution is 2.34. The van der Waals surface area contributed by atoms with Crippen LogP contribution in [0.25, 0.3) is 0 Å². The van der Waals surface area contributed by atoms with E-state index in [2.05, 4.69) is 11.9 Å². The smallest absolute Gasteiger partial charge is 0.333 e. The second-order valence-corrected chi connectivity index (χ2v) is 2.76. The fourth-order valence-corrected chi connectivity index (χ4v) is 1.18. The summed E-state index contributed by atoms with van der Waals surface area (Å²) in [6.07, 6.45) is 1.54. The molecule has 5 nitrogen and oxygen atoms in total. The molecule has 0 bridgehead atoms. The Morgan fingerprint density at radius 1 is 1.67 bits per heavy atom. The zero-order chi connectivity index (χ0) is 11.3. The molecular weight excluding hydrogens is 196 g/mol. The van der Waals surface area contributed by atoms with E-state index in [1.165, 1.54) is 6.08 Å². The number of nitro benzene ring substituents is 1. The van der Waals surface area contributed by atoms with E-state index in [0.717, 1.165) is 0 Å². The molecule has 0 spiro atoms. The van der Waals surface area contributed by atoms with Gasteiger partial charge in [-0.2, -0.15) is 0 Å². The minimum absolute atomic E-state index is 0.0538. The highest BCUT2D eigenvalue weighted by atomic mass is 16.6. The Hall–Kier alpha value is -2.04. The normalized spacial score (nSPS) is 9.40. The fourth-order valence-electron chi connectivity index (χ4n) is 1.18. The van der Waals surface area contributed by atoms with Gasteiger partial charge in [0.05, 0.1) is 4.92 Å². The van der Waals surface area contributed by atoms with Crippen molar-refractivity contribution in [3.63, 3.8) is 0 Å². The number of ether oxygens (including phenoxy) is 1. The van der Waals surface area contributed by atoms with Crippen LogP contribution in [0, 0.1) is 10.1 Å². The van der Waals surface area contributed by atoms with Gasteiger partial charge in [0.1, 0.15) is 12.3 Å². The van der Waals surface area contributed by atoms with Crippen LogP contribution in [0.2, 0.25) is 0 Å². The Morgan fingerprint density at radius 3 is 2.93 bits per heavy atom. The SMILES string of the molecule is C=CCOc1cccc(NC)c1[N+](=O)[O-]. The van der Waals surface area contributed by atoms with Gasteiger partial charge in [-0.1, -0.05) is 18.7 Å². The number of nitro groups is 1. The lowest BCUT2D eigenvalue weighted by molar-refractivity contribution is -0.384. The van der Waals surface area contributed by atoms with Crippen molar-refractivity contribution in [3.8, 4) is 5.75 Å². The van der Waals surface area contributed by atoms with Crippen molar-refractivity contribution in [2.24, 2.45) is 0 Å². The molecule has 15 heavy (non-hydrogen) atoms. The van der Waals surface area contributed by atoms with Crippen molar-refractivity contribution in [1.29, 1.82) is 0 Å². The minimum atomic E-state index is -0.468. The van der Waals surface area contributed by atoms with Gasteiger partial charge in [-0.3, -0.25) is 10.1 Å². The second kappa shape index (κ2) is 4.99. The third kappa shape index (κ3) is 2.46. The minimum Gasteiger partial charge on any atom is -0.483 e. The average Bonchev–Trinajstić information content (AvgIpc) is 2.25. The predicted molar refractivity (Wildman–Crippen MR) is 58.3 cm³/mol. The van der Waals surface area contributed by atoms with E-state index >= 15 is 0 Å². The molecule has 0 aliphatic carbocycles. The van der Waals surface area contributed by atoms with Crippen LogP contribution in [0.5, 0.6) is 5.75 Å². The molecule has 1 N–H and O–H groups in total. The first-order valence-corrected chi connectivity index (χ1v) is 4.39. The molecule has 0 radical (unpaired) electrons. The van der Waals surface area contributed by atoms with Crippen LogP contribution in [-0.2, 0) is 0 Å². The van der Waals surface area contributed by atoms with E-state index in [1.807, 2.05) is 0 Å². The van der Waals surface area contributed by atoms with Gasteiger partial charge in [-0.05, 0) is 12.1 Å². The first-order valence-electron chi connectivity index (χ1n) is 4.39. The van der Waals surface area contributed by atoms with E-state index in [0.29, 0.717) is 5.69 Å². The van der Waals surface area contributed by atoms with Gasteiger partial charge in [-0.25, -0.2) is 0 Å². The van der Waals surface area contributed by atoms with E-state index in [9.17, 15) is 10.1 Å². The molecule has 80 valence electrons. The Labute approximate surface area is 87.5 Å². The number of nitrogens with one attached hydrogen (secondary N) is 1. The summed E-state index contributed by atoms with van der Waals surface area (Å²) in [5, 5.41) is 13.6. The maximum Gasteiger partial charge on any atom is 0.333 e. The molecule has 0 aliphatic rings. The van der Waals surface area contributed by atoms with Crippen LogP contribution in [0.1, 0.15) is 0 Å². The first kappa shape index (κ1) is 11.0. The Bertz CT molecular complexity index is 377. The number of anilines is 1. The van der Waals surface area contributed by atoms with Gasteiger partial charge >= 0.3 is 5.69 Å². The van der Waals surface area contributed by atoms with E-state index < -0.39 is 4.92 Å². The summed E-state index contributed by atoms with van der Waals surface area (Å²) in [5.41, 5.74) is 0.378. The van der Waals surface area contributed by atoms with Crippen LogP contribution >= 0.6 is 0 Å². The molecule has 5 heteroatoms. The molecule has 0 heterocycles. The lowest BCUT2D eigenvalue weighted by atomic mass is 10.2. The average molecular weight is 208 g/mol. The van der Waals surface area contributed by atoms with Crippen molar-refractivity contribution < 1.29 is 9.66 Å². The highest BCUT2D eigenvalue weighted by molar-refractivity contribution is 5.68. The predicted octanol–water partition coefficient (Wildman–Crippen LogP) is 2.20. The topological polar surface area (TPSA) is 64.4 Å². The molecule has 1 aromatic carbocycles. The highest BCUT2D eigenvalue weighted by Gasteiger charge is 2.19. The van der Waals surface area contributed by atoms with Crippen LogP contribution in [0.4, 0.5) is 11.4 Å². The number of nitrogens with zero attached hydrogens (tertiary/aromatic N) is 1. The lowest BCUT2D eigenvalue weighted by Crippen LogP contribution is -2.01. The third-order valence-electron chi connectivity index (χ3n) is 1.81. The van der Waals surface area contributed by atoms with Crippen molar-refractivity contribution in [1.82, 2.24) is 0 Å². The Morgan fingerprint density at radius 2 is 2.40 bits per heavy atom. The molecule has 0 atom stereocenters. The van der Waals surface area contributed by atoms with Gasteiger partial charge in [0.15, 0.2) is 5.75 Å². The molecule has 0 aliphatic heterocycles. The summed E-state index contributed by atoms with van der Waals surface area (Å²) in [6, 6.07) is 4.87. The molecular formula is C10H12N2O3. The summed E-state index contributed by atoms with van der Waals surface area (Å²) in [6.45, 7) is 3.73. The Kier molecular flexibility index (Phi) is 3.68. The van der Waals surface area contributed by atoms with Crippen LogP contribution in [-0.4, -0.2) is 18.6 Å². The molecule has 0 amide bonds. The molecule has 1 rings (SSSR count). The third-order valence-corrected chi connectivity index (χ3v) is 1.81. The zero-order valence-corrected chi connectivity index (χ0v) is 8.40. The van der Waals surface area contributed by atoms with E-state index in [-0.39, 0.29) is 18.0 Å². The van der Waals surface area contributed by atoms with Gasteiger partial charge in [-0.15, -0.1) is 0 Å². The quantitative estimate of drug-likeness (QED) is 0.457. The standard InChI is InChI=1S/C10H12N2O3/c1-3-7-15-9-6-4-5-8(11-2)10(9)12(13)14/h3-6,11H,1,7H2,2H3. The Balaban J connectivity index is 3.12. The fraction of sp³-hybridized carbons (Fsp3) is 0.200. The van der Waals surface area contributed by atoms with Crippen LogP contribution < -0.4 is 10.1 Å². The van der Waals surface area contributed by atoms with Gasteiger partial charge < -0.3 is 10.1 Å². The molecule has 1 aromatic rings. The van der Waals surface area contributed by atoms with E-state index in [4.69, 9.17) is 4.74 Å². The largest absolute Gasteiger partial charge is 0.483 e. The van der Waals surface area contributed by atoms with Crippen molar-refractivity contribution >= 4 is 11.4 Å². The number of benzene rings is 1. The summed E-state index contributed by atoms with van der Waals surface area (Å²) in [4.78, 5) is 10.4. The van der Waals surface area contributed by atoms with Gasteiger partial charge in [0, 0.05) is 7.05 Å². The van der Waals surface area contributed by atoms with E-state index in [1.54, 1.807) is 25.2 Å². The second-order valence-electron chi connectivity index (χ2n) is 2.76. The number of para-hydroxylation sites is 1. The first-order chi connectivity index (χ1) is 7.20. The monoisotopic (exact) mass is 208 g/mol. The molecule has 0 unspecified atom stereocenters. The molecule has 0 saturated carbocycles. The number of rotatable bonds is 5. The molecule has 0 aromatic heterocycles. The van der Waals surface area contributed by atoms with Crippen LogP contribution in [0.3, 0.4) is 0 Å². The van der Waals surface area contributed by atoms with Crippen molar-refractivity contribution in [3.05, 3.63) is 41.0 Å². The van der Waals surface area contributed by atoms with Crippen molar-refractivity contribution in [2.75, 3.05) is 19.0 Å². The number of hydrogen-bond acceptors (Lipinski definition) is 4. The maximum atomic E-state index is 10.8.